The predicted molar refractivity (Wildman–Crippen MR) is 95.8 cm³/mol. The average molecular weight is 377 g/mol. The summed E-state index contributed by atoms with van der Waals surface area (Å²) in [4.78, 5) is 16.1. The Kier molecular flexibility index (Phi) is 5.15. The zero-order valence-corrected chi connectivity index (χ0v) is 14.8. The third-order valence-electron chi connectivity index (χ3n) is 4.10. The lowest BCUT2D eigenvalue weighted by atomic mass is 10.2. The molecule has 0 saturated heterocycles. The summed E-state index contributed by atoms with van der Waals surface area (Å²) in [5.41, 5.74) is 7.92. The molecule has 0 bridgehead atoms. The van der Waals surface area contributed by atoms with Crippen LogP contribution in [0.5, 0.6) is 0 Å². The summed E-state index contributed by atoms with van der Waals surface area (Å²) in [7, 11) is 0. The number of hydrogen-bond acceptors (Lipinski definition) is 4. The molecule has 1 amide bonds. The van der Waals surface area contributed by atoms with Crippen LogP contribution < -0.4 is 5.73 Å². The van der Waals surface area contributed by atoms with E-state index in [0.29, 0.717) is 40.6 Å². The molecule has 2 aromatic heterocycles. The van der Waals surface area contributed by atoms with Crippen LogP contribution in [0, 0.1) is 18.6 Å². The monoisotopic (exact) mass is 377 g/mol. The van der Waals surface area contributed by atoms with Crippen molar-refractivity contribution < 1.29 is 18.7 Å². The molecular weight excluding hydrogens is 360 g/mol. The van der Waals surface area contributed by atoms with E-state index in [9.17, 15) is 13.6 Å². The number of hydrogen-bond donors (Lipinski definition) is 2. The van der Waals surface area contributed by atoms with E-state index < -0.39 is 17.5 Å². The number of aliphatic hydroxyl groups excluding tert-OH is 1. The van der Waals surface area contributed by atoms with E-state index in [4.69, 9.17) is 10.8 Å². The number of carbonyl (C=O) groups excluding carboxylic acids is 1. The Labute approximate surface area is 152 Å². The smallest absolute Gasteiger partial charge is 0.250 e. The number of aromatic nitrogens is 2. The maximum Gasteiger partial charge on any atom is 0.250 e. The molecule has 0 radical (unpaired) electrons. The molecular formula is C18H17F2N3O2S. The minimum Gasteiger partial charge on any atom is -0.396 e. The number of halogens is 2. The van der Waals surface area contributed by atoms with Crippen molar-refractivity contribution in [1.29, 1.82) is 0 Å². The summed E-state index contributed by atoms with van der Waals surface area (Å²) in [5.74, 6) is -1.88. The van der Waals surface area contributed by atoms with Gasteiger partial charge in [0.2, 0.25) is 0 Å². The molecule has 3 rings (SSSR count). The van der Waals surface area contributed by atoms with Gasteiger partial charge < -0.3 is 15.4 Å². The van der Waals surface area contributed by atoms with Crippen molar-refractivity contribution in [3.8, 4) is 22.0 Å². The van der Waals surface area contributed by atoms with Crippen LogP contribution in [0.3, 0.4) is 0 Å². The summed E-state index contributed by atoms with van der Waals surface area (Å²) >= 11 is 1.22. The topological polar surface area (TPSA) is 81.1 Å². The molecule has 0 aliphatic rings. The van der Waals surface area contributed by atoms with Gasteiger partial charge in [-0.1, -0.05) is 0 Å². The molecule has 0 unspecified atom stereocenters. The molecule has 1 aromatic carbocycles. The predicted octanol–water partition coefficient (Wildman–Crippen LogP) is 3.35. The lowest BCUT2D eigenvalue weighted by Crippen LogP contribution is -2.12. The number of benzene rings is 1. The molecule has 0 saturated carbocycles. The second-order valence-corrected chi connectivity index (χ2v) is 6.64. The lowest BCUT2D eigenvalue weighted by Gasteiger charge is -2.09. The third-order valence-corrected chi connectivity index (χ3v) is 4.98. The zero-order valence-electron chi connectivity index (χ0n) is 14.0. The maximum atomic E-state index is 14.0. The Balaban J connectivity index is 2.05. The summed E-state index contributed by atoms with van der Waals surface area (Å²) in [6.07, 6.45) is 0.504. The van der Waals surface area contributed by atoms with Crippen molar-refractivity contribution >= 4 is 17.2 Å². The molecule has 3 aromatic rings. The van der Waals surface area contributed by atoms with Crippen molar-refractivity contribution in [1.82, 2.24) is 9.55 Å². The van der Waals surface area contributed by atoms with Gasteiger partial charge >= 0.3 is 0 Å². The highest BCUT2D eigenvalue weighted by Crippen LogP contribution is 2.32. The highest BCUT2D eigenvalue weighted by atomic mass is 32.1. The molecule has 136 valence electrons. The second kappa shape index (κ2) is 7.35. The molecule has 0 fully saturated rings. The summed E-state index contributed by atoms with van der Waals surface area (Å²) < 4.78 is 29.0. The van der Waals surface area contributed by atoms with E-state index in [1.165, 1.54) is 23.5 Å². The van der Waals surface area contributed by atoms with Crippen molar-refractivity contribution in [2.24, 2.45) is 5.73 Å². The van der Waals surface area contributed by atoms with Gasteiger partial charge in [0.1, 0.15) is 16.6 Å². The number of aliphatic hydroxyl groups is 1. The van der Waals surface area contributed by atoms with Crippen LogP contribution in [0.2, 0.25) is 0 Å². The van der Waals surface area contributed by atoms with Gasteiger partial charge in [-0.2, -0.15) is 0 Å². The van der Waals surface area contributed by atoms with Gasteiger partial charge in [-0.15, -0.1) is 11.3 Å². The SMILES string of the molecule is Cc1c(C(N)=O)cc(-c2csc(-c3ccc(F)cc3F)n2)n1CCCO. The van der Waals surface area contributed by atoms with E-state index in [1.807, 2.05) is 4.57 Å². The molecule has 0 aliphatic heterocycles. The molecule has 0 aliphatic carbocycles. The number of primary amides is 1. The van der Waals surface area contributed by atoms with Crippen LogP contribution in [0.25, 0.3) is 22.0 Å². The van der Waals surface area contributed by atoms with Gasteiger partial charge in [0.15, 0.2) is 0 Å². The minimum atomic E-state index is -0.685. The number of thiazole rings is 1. The number of carbonyl (C=O) groups is 1. The Hall–Kier alpha value is -2.58. The lowest BCUT2D eigenvalue weighted by molar-refractivity contribution is 0.0999. The molecule has 26 heavy (non-hydrogen) atoms. The number of nitrogens with two attached hydrogens (primary N) is 1. The summed E-state index contributed by atoms with van der Waals surface area (Å²) in [5, 5.41) is 11.3. The fourth-order valence-electron chi connectivity index (χ4n) is 2.80. The molecule has 0 atom stereocenters. The van der Waals surface area contributed by atoms with Crippen LogP contribution in [0.15, 0.2) is 29.6 Å². The molecule has 3 N–H and O–H groups in total. The zero-order chi connectivity index (χ0) is 18.8. The van der Waals surface area contributed by atoms with Gasteiger partial charge in [0, 0.05) is 35.9 Å². The quantitative estimate of drug-likeness (QED) is 0.691. The fourth-order valence-corrected chi connectivity index (χ4v) is 3.64. The first-order valence-electron chi connectivity index (χ1n) is 7.94. The van der Waals surface area contributed by atoms with Crippen molar-refractivity contribution in [2.45, 2.75) is 19.9 Å². The van der Waals surface area contributed by atoms with Crippen LogP contribution in [-0.2, 0) is 6.54 Å². The van der Waals surface area contributed by atoms with Crippen LogP contribution >= 0.6 is 11.3 Å². The standard InChI is InChI=1S/C18H17F2N3O2S/c1-10-13(17(21)25)8-16(23(10)5-2-6-24)15-9-26-18(22-15)12-4-3-11(19)7-14(12)20/h3-4,7-9,24H,2,5-6H2,1H3,(H2,21,25). The number of rotatable bonds is 6. The van der Waals surface area contributed by atoms with Crippen LogP contribution in [-0.4, -0.2) is 27.2 Å². The highest BCUT2D eigenvalue weighted by Gasteiger charge is 2.19. The molecule has 0 spiro atoms. The first-order chi connectivity index (χ1) is 12.4. The Morgan fingerprint density at radius 3 is 2.77 bits per heavy atom. The van der Waals surface area contributed by atoms with Gasteiger partial charge in [0.25, 0.3) is 5.91 Å². The van der Waals surface area contributed by atoms with Crippen LogP contribution in [0.1, 0.15) is 22.5 Å². The minimum absolute atomic E-state index is 0.00602. The third kappa shape index (κ3) is 3.38. The van der Waals surface area contributed by atoms with Crippen LogP contribution in [0.4, 0.5) is 8.78 Å². The second-order valence-electron chi connectivity index (χ2n) is 5.78. The van der Waals surface area contributed by atoms with Gasteiger partial charge in [0.05, 0.1) is 17.0 Å². The largest absolute Gasteiger partial charge is 0.396 e. The first kappa shape index (κ1) is 18.2. The number of nitrogens with zero attached hydrogens (tertiary/aromatic N) is 2. The molecule has 8 heteroatoms. The van der Waals surface area contributed by atoms with E-state index >= 15 is 0 Å². The van der Waals surface area contributed by atoms with Crippen molar-refractivity contribution in [3.63, 3.8) is 0 Å². The number of amides is 1. The Morgan fingerprint density at radius 2 is 2.12 bits per heavy atom. The van der Waals surface area contributed by atoms with Gasteiger partial charge in [-0.25, -0.2) is 13.8 Å². The van der Waals surface area contributed by atoms with Gasteiger partial charge in [-0.3, -0.25) is 4.79 Å². The Bertz CT molecular complexity index is 965. The first-order valence-corrected chi connectivity index (χ1v) is 8.82. The maximum absolute atomic E-state index is 14.0. The van der Waals surface area contributed by atoms with Crippen molar-refractivity contribution in [2.75, 3.05) is 6.61 Å². The summed E-state index contributed by atoms with van der Waals surface area (Å²) in [6.45, 7) is 2.27. The van der Waals surface area contributed by atoms with Gasteiger partial charge in [-0.05, 0) is 31.5 Å². The van der Waals surface area contributed by atoms with E-state index in [0.717, 1.165) is 6.07 Å². The molecule has 5 nitrogen and oxygen atoms in total. The normalized spacial score (nSPS) is 11.1. The van der Waals surface area contributed by atoms with E-state index in [1.54, 1.807) is 18.4 Å². The van der Waals surface area contributed by atoms with E-state index in [-0.39, 0.29) is 12.2 Å². The van der Waals surface area contributed by atoms with Crippen molar-refractivity contribution in [3.05, 3.63) is 52.5 Å². The van der Waals surface area contributed by atoms with E-state index in [2.05, 4.69) is 4.98 Å². The average Bonchev–Trinajstić information content (AvgIpc) is 3.18. The fraction of sp³-hybridized carbons (Fsp3) is 0.222. The molecule has 2 heterocycles. The summed E-state index contributed by atoms with van der Waals surface area (Å²) in [6, 6.07) is 4.99. The Morgan fingerprint density at radius 1 is 1.35 bits per heavy atom. The highest BCUT2D eigenvalue weighted by molar-refractivity contribution is 7.13.